The summed E-state index contributed by atoms with van der Waals surface area (Å²) >= 11 is 1.40. The van der Waals surface area contributed by atoms with Gasteiger partial charge in [0.25, 0.3) is 5.91 Å². The predicted molar refractivity (Wildman–Crippen MR) is 118 cm³/mol. The van der Waals surface area contributed by atoms with Gasteiger partial charge in [-0.25, -0.2) is 4.98 Å². The molecule has 0 aliphatic carbocycles. The Labute approximate surface area is 178 Å². The first kappa shape index (κ1) is 19.9. The number of nitrogens with zero attached hydrogens (tertiary/aromatic N) is 4. The van der Waals surface area contributed by atoms with Crippen molar-refractivity contribution >= 4 is 32.6 Å². The van der Waals surface area contributed by atoms with E-state index < -0.39 is 0 Å². The third kappa shape index (κ3) is 3.61. The van der Waals surface area contributed by atoms with Crippen LogP contribution in [0.1, 0.15) is 23.0 Å². The Bertz CT molecular complexity index is 1130. The molecule has 2 aromatic heterocycles. The standard InChI is InChI=1S/C22H22N4O3S/c1-4-26-16(12-13-23-26)21(27)25(14-15-8-6-5-7-9-15)22-24-19-17(28-2)10-11-18(29-3)20(19)30-22/h5-13H,4,14H2,1-3H3. The van der Waals surface area contributed by atoms with Gasteiger partial charge in [-0.2, -0.15) is 5.10 Å². The molecule has 7 nitrogen and oxygen atoms in total. The van der Waals surface area contributed by atoms with Crippen LogP contribution in [0, 0.1) is 0 Å². The van der Waals surface area contributed by atoms with E-state index in [2.05, 4.69) is 5.10 Å². The Morgan fingerprint density at radius 3 is 2.50 bits per heavy atom. The molecule has 0 unspecified atom stereocenters. The van der Waals surface area contributed by atoms with Gasteiger partial charge in [-0.05, 0) is 30.7 Å². The number of amides is 1. The molecule has 0 atom stereocenters. The number of fused-ring (bicyclic) bond motifs is 1. The largest absolute Gasteiger partial charge is 0.495 e. The molecule has 0 aliphatic rings. The zero-order valence-electron chi connectivity index (χ0n) is 17.0. The summed E-state index contributed by atoms with van der Waals surface area (Å²) in [6.07, 6.45) is 1.64. The van der Waals surface area contributed by atoms with Gasteiger partial charge in [0.05, 0.1) is 20.8 Å². The lowest BCUT2D eigenvalue weighted by Crippen LogP contribution is -2.32. The maximum atomic E-state index is 13.5. The molecule has 4 aromatic rings. The summed E-state index contributed by atoms with van der Waals surface area (Å²) in [6, 6.07) is 15.3. The third-order valence-electron chi connectivity index (χ3n) is 4.79. The summed E-state index contributed by atoms with van der Waals surface area (Å²) in [7, 11) is 3.22. The second-order valence-electron chi connectivity index (χ2n) is 6.55. The zero-order chi connectivity index (χ0) is 21.1. The first-order valence-corrected chi connectivity index (χ1v) is 10.4. The molecule has 0 N–H and O–H groups in total. The third-order valence-corrected chi connectivity index (χ3v) is 5.89. The SMILES string of the molecule is CCn1nccc1C(=O)N(Cc1ccccc1)c1nc2c(OC)ccc(OC)c2s1. The van der Waals surface area contributed by atoms with Crippen LogP contribution in [0.2, 0.25) is 0 Å². The average molecular weight is 423 g/mol. The average Bonchev–Trinajstić information content (AvgIpc) is 3.44. The van der Waals surface area contributed by atoms with Crippen LogP contribution in [0.15, 0.2) is 54.7 Å². The molecule has 0 saturated carbocycles. The topological polar surface area (TPSA) is 69.5 Å². The van der Waals surface area contributed by atoms with E-state index in [9.17, 15) is 4.79 Å². The number of carbonyl (C=O) groups is 1. The lowest BCUT2D eigenvalue weighted by molar-refractivity contribution is 0.0975. The highest BCUT2D eigenvalue weighted by Gasteiger charge is 2.26. The summed E-state index contributed by atoms with van der Waals surface area (Å²) in [6.45, 7) is 2.95. The molecule has 1 amide bonds. The van der Waals surface area contributed by atoms with E-state index in [4.69, 9.17) is 14.5 Å². The molecule has 30 heavy (non-hydrogen) atoms. The van der Waals surface area contributed by atoms with Crippen molar-refractivity contribution in [3.05, 3.63) is 66.0 Å². The normalized spacial score (nSPS) is 10.9. The molecule has 4 rings (SSSR count). The second kappa shape index (κ2) is 8.54. The van der Waals surface area contributed by atoms with Crippen molar-refractivity contribution in [1.29, 1.82) is 0 Å². The second-order valence-corrected chi connectivity index (χ2v) is 7.53. The highest BCUT2D eigenvalue weighted by Crippen LogP contribution is 2.40. The predicted octanol–water partition coefficient (Wildman–Crippen LogP) is 4.38. The smallest absolute Gasteiger partial charge is 0.278 e. The first-order chi connectivity index (χ1) is 14.7. The number of hydrogen-bond acceptors (Lipinski definition) is 6. The summed E-state index contributed by atoms with van der Waals surface area (Å²) in [5.41, 5.74) is 2.20. The molecule has 0 aliphatic heterocycles. The Balaban J connectivity index is 1.84. The quantitative estimate of drug-likeness (QED) is 0.442. The maximum Gasteiger partial charge on any atom is 0.278 e. The minimum atomic E-state index is -0.157. The van der Waals surface area contributed by atoms with Crippen LogP contribution in [-0.4, -0.2) is 34.9 Å². The number of anilines is 1. The summed E-state index contributed by atoms with van der Waals surface area (Å²) < 4.78 is 13.5. The van der Waals surface area contributed by atoms with Crippen molar-refractivity contribution in [1.82, 2.24) is 14.8 Å². The summed E-state index contributed by atoms with van der Waals surface area (Å²) in [5.74, 6) is 1.18. The Morgan fingerprint density at radius 1 is 1.07 bits per heavy atom. The van der Waals surface area contributed by atoms with Gasteiger partial charge < -0.3 is 9.47 Å². The molecule has 2 aromatic carbocycles. The zero-order valence-corrected chi connectivity index (χ0v) is 17.8. The molecule has 0 fully saturated rings. The van der Waals surface area contributed by atoms with Gasteiger partial charge in [0, 0.05) is 12.7 Å². The monoisotopic (exact) mass is 422 g/mol. The number of thiazole rings is 1. The van der Waals surface area contributed by atoms with Gasteiger partial charge in [-0.15, -0.1) is 0 Å². The van der Waals surface area contributed by atoms with Crippen molar-refractivity contribution in [3.8, 4) is 11.5 Å². The molecule has 0 saturated heterocycles. The Morgan fingerprint density at radius 2 is 1.80 bits per heavy atom. The van der Waals surface area contributed by atoms with Crippen molar-refractivity contribution in [2.75, 3.05) is 19.1 Å². The van der Waals surface area contributed by atoms with E-state index in [1.165, 1.54) is 11.3 Å². The fourth-order valence-corrected chi connectivity index (χ4v) is 4.36. The summed E-state index contributed by atoms with van der Waals surface area (Å²) in [4.78, 5) is 20.0. The van der Waals surface area contributed by atoms with Crippen LogP contribution < -0.4 is 14.4 Å². The minimum absolute atomic E-state index is 0.157. The Hall–Kier alpha value is -3.39. The first-order valence-electron chi connectivity index (χ1n) is 9.55. The van der Waals surface area contributed by atoms with E-state index in [1.54, 1.807) is 36.1 Å². The minimum Gasteiger partial charge on any atom is -0.495 e. The van der Waals surface area contributed by atoms with Crippen molar-refractivity contribution in [2.45, 2.75) is 20.0 Å². The van der Waals surface area contributed by atoms with Gasteiger partial charge >= 0.3 is 0 Å². The fraction of sp³-hybridized carbons (Fsp3) is 0.227. The van der Waals surface area contributed by atoms with Crippen LogP contribution >= 0.6 is 11.3 Å². The van der Waals surface area contributed by atoms with Crippen LogP contribution in [-0.2, 0) is 13.1 Å². The molecule has 2 heterocycles. The van der Waals surface area contributed by atoms with Crippen LogP contribution in [0.3, 0.4) is 0 Å². The van der Waals surface area contributed by atoms with Gasteiger partial charge in [0.15, 0.2) is 5.13 Å². The lowest BCUT2D eigenvalue weighted by atomic mass is 10.2. The molecule has 8 heteroatoms. The van der Waals surface area contributed by atoms with Crippen molar-refractivity contribution < 1.29 is 14.3 Å². The van der Waals surface area contributed by atoms with Gasteiger partial charge in [-0.3, -0.25) is 14.4 Å². The van der Waals surface area contributed by atoms with Crippen LogP contribution in [0.5, 0.6) is 11.5 Å². The molecule has 0 radical (unpaired) electrons. The number of rotatable bonds is 7. The highest BCUT2D eigenvalue weighted by atomic mass is 32.1. The lowest BCUT2D eigenvalue weighted by Gasteiger charge is -2.20. The molecular formula is C22H22N4O3S. The number of aromatic nitrogens is 3. The highest BCUT2D eigenvalue weighted by molar-refractivity contribution is 7.22. The van der Waals surface area contributed by atoms with E-state index in [1.807, 2.05) is 49.4 Å². The van der Waals surface area contributed by atoms with Gasteiger partial charge in [-0.1, -0.05) is 41.7 Å². The van der Waals surface area contributed by atoms with Crippen molar-refractivity contribution in [2.24, 2.45) is 0 Å². The maximum absolute atomic E-state index is 13.5. The van der Waals surface area contributed by atoms with E-state index in [0.29, 0.717) is 40.9 Å². The van der Waals surface area contributed by atoms with E-state index >= 15 is 0 Å². The van der Waals surface area contributed by atoms with Gasteiger partial charge in [0.2, 0.25) is 0 Å². The van der Waals surface area contributed by atoms with E-state index in [-0.39, 0.29) is 5.91 Å². The summed E-state index contributed by atoms with van der Waals surface area (Å²) in [5, 5.41) is 4.82. The number of methoxy groups -OCH3 is 2. The number of benzene rings is 2. The van der Waals surface area contributed by atoms with E-state index in [0.717, 1.165) is 10.3 Å². The van der Waals surface area contributed by atoms with Crippen molar-refractivity contribution in [3.63, 3.8) is 0 Å². The number of carbonyl (C=O) groups excluding carboxylic acids is 1. The van der Waals surface area contributed by atoms with Gasteiger partial charge in [0.1, 0.15) is 27.4 Å². The fourth-order valence-electron chi connectivity index (χ4n) is 3.29. The molecule has 0 bridgehead atoms. The molecule has 154 valence electrons. The Kier molecular flexibility index (Phi) is 5.67. The van der Waals surface area contributed by atoms with Crippen LogP contribution in [0.25, 0.3) is 10.2 Å². The number of aryl methyl sites for hydroxylation is 1. The molecule has 0 spiro atoms. The number of hydrogen-bond donors (Lipinski definition) is 0. The number of ether oxygens (including phenoxy) is 2. The molecular weight excluding hydrogens is 400 g/mol. The van der Waals surface area contributed by atoms with Crippen LogP contribution in [0.4, 0.5) is 5.13 Å².